The molecule has 228 valence electrons. The molecule has 0 N–H and O–H groups in total. The van der Waals surface area contributed by atoms with Crippen LogP contribution >= 0.6 is 0 Å². The molecular weight excluding hydrogens is 662 g/mol. The SMILES string of the molecule is [C-]#[N+]CC(=O)OC.[C-]#[N+]CC(=O)OC.[C-]#[N+]CC(=O)OC.[C-]#[N+]CC(=O)OC.[C-]#[N+]CC(=O)OC.[C-]#[N+]CC(=O)OC.[Tc+7]. The van der Waals surface area contributed by atoms with Crippen LogP contribution in [-0.2, 0) is 77.3 Å². The summed E-state index contributed by atoms with van der Waals surface area (Å²) in [7, 11) is 7.54. The maximum Gasteiger partial charge on any atom is 7.00 e. The van der Waals surface area contributed by atoms with Crippen molar-refractivity contribution in [3.05, 3.63) is 68.5 Å². The number of nitrogens with zero attached hydrogens (tertiary/aromatic N) is 6. The monoisotopic (exact) mass is 691 g/mol. The topological polar surface area (TPSA) is 184 Å². The fourth-order valence-electron chi connectivity index (χ4n) is 0.775. The average Bonchev–Trinajstić information content (AvgIpc) is 2.99. The third-order valence-electron chi connectivity index (χ3n) is 2.61. The van der Waals surface area contributed by atoms with Crippen LogP contribution in [0.4, 0.5) is 0 Å². The smallest absolute Gasteiger partial charge is 0.464 e. The summed E-state index contributed by atoms with van der Waals surface area (Å²) in [6.07, 6.45) is 0. The number of rotatable bonds is 6. The van der Waals surface area contributed by atoms with Crippen molar-refractivity contribution >= 4 is 35.8 Å². The molecule has 0 aromatic heterocycles. The summed E-state index contributed by atoms with van der Waals surface area (Å²) in [5.74, 6) is -2.86. The van der Waals surface area contributed by atoms with Gasteiger partial charge in [0.05, 0.1) is 42.7 Å². The third kappa shape index (κ3) is 72.4. The van der Waals surface area contributed by atoms with Crippen LogP contribution < -0.4 is 0 Å². The first-order valence-corrected chi connectivity index (χ1v) is 10.3. The molecule has 0 fully saturated rings. The van der Waals surface area contributed by atoms with Crippen LogP contribution in [0, 0.1) is 39.4 Å². The van der Waals surface area contributed by atoms with Gasteiger partial charge in [0.1, 0.15) is 0 Å². The van der Waals surface area contributed by atoms with E-state index in [9.17, 15) is 28.8 Å². The zero-order valence-corrected chi connectivity index (χ0v) is 26.1. The standard InChI is InChI=1S/6C4H5NO2.Tc/c6*1-5-3-4(6)7-2;/h6*3H2,2H3;/q;;;;;;+7. The molecule has 0 aliphatic heterocycles. The van der Waals surface area contributed by atoms with E-state index in [1.807, 2.05) is 0 Å². The summed E-state index contributed by atoms with van der Waals surface area (Å²) in [5.41, 5.74) is 0. The molecule has 0 aromatic carbocycles. The van der Waals surface area contributed by atoms with E-state index in [-0.39, 0.29) is 59.4 Å². The summed E-state index contributed by atoms with van der Waals surface area (Å²) < 4.78 is 24.8. The van der Waals surface area contributed by atoms with Crippen LogP contribution in [0.3, 0.4) is 0 Å². The number of ether oxygens (including phenoxy) is 6. The first kappa shape index (κ1) is 53.6. The Kier molecular flexibility index (Phi) is 61.6. The zero-order valence-electron chi connectivity index (χ0n) is 24.2. The van der Waals surface area contributed by atoms with Crippen molar-refractivity contribution in [3.8, 4) is 0 Å². The quantitative estimate of drug-likeness (QED) is 0.213. The predicted octanol–water partition coefficient (Wildman–Crippen LogP) is 0.470. The Hall–Kier alpha value is -5.59. The predicted molar refractivity (Wildman–Crippen MR) is 141 cm³/mol. The van der Waals surface area contributed by atoms with Crippen molar-refractivity contribution in [2.45, 2.75) is 0 Å². The van der Waals surface area contributed by atoms with Crippen LogP contribution in [-0.4, -0.2) is 118 Å². The molecule has 0 bridgehead atoms. The van der Waals surface area contributed by atoms with Crippen LogP contribution in [0.2, 0.25) is 0 Å². The van der Waals surface area contributed by atoms with Crippen LogP contribution in [0.15, 0.2) is 0 Å². The molecule has 0 rings (SSSR count). The molecule has 0 aliphatic rings. The van der Waals surface area contributed by atoms with Crippen molar-refractivity contribution in [2.75, 3.05) is 81.9 Å². The van der Waals surface area contributed by atoms with E-state index < -0.39 is 35.8 Å². The van der Waals surface area contributed by atoms with Gasteiger partial charge >= 0.3 is 95.2 Å². The molecule has 0 unspecified atom stereocenters. The molecule has 0 spiro atoms. The first-order valence-electron chi connectivity index (χ1n) is 10.3. The van der Waals surface area contributed by atoms with E-state index in [2.05, 4.69) is 57.5 Å². The second-order valence-electron chi connectivity index (χ2n) is 5.35. The number of hydrogen-bond acceptors (Lipinski definition) is 12. The molecule has 43 heavy (non-hydrogen) atoms. The van der Waals surface area contributed by atoms with E-state index in [1.165, 1.54) is 42.7 Å². The number of carbonyl (C=O) groups excluding carboxylic acids is 6. The molecule has 19 heteroatoms. The summed E-state index contributed by atoms with van der Waals surface area (Å²) in [5, 5.41) is 0. The normalized spacial score (nSPS) is 6.70. The fraction of sp³-hybridized carbons (Fsp3) is 0.500. The molecule has 0 saturated heterocycles. The van der Waals surface area contributed by atoms with Crippen molar-refractivity contribution in [1.29, 1.82) is 0 Å². The molecule has 0 aliphatic carbocycles. The molecule has 0 aromatic rings. The minimum absolute atomic E-state index is 0. The third-order valence-corrected chi connectivity index (χ3v) is 2.61. The van der Waals surface area contributed by atoms with Gasteiger partial charge in [-0.15, -0.1) is 0 Å². The molecule has 0 radical (unpaired) electrons. The Morgan fingerprint density at radius 2 is 0.442 bits per heavy atom. The summed E-state index contributed by atoms with van der Waals surface area (Å²) >= 11 is 0. The summed E-state index contributed by atoms with van der Waals surface area (Å²) in [6.45, 7) is 35.9. The number of hydrogen-bond donors (Lipinski definition) is 0. The minimum atomic E-state index is -0.477. The summed E-state index contributed by atoms with van der Waals surface area (Å²) in [4.78, 5) is 76.5. The second kappa shape index (κ2) is 49.4. The Labute approximate surface area is 263 Å². The molecule has 18 nitrogen and oxygen atoms in total. The van der Waals surface area contributed by atoms with Gasteiger partial charge in [-0.05, 0) is 0 Å². The van der Waals surface area contributed by atoms with Gasteiger partial charge in [0.2, 0.25) is 0 Å². The zero-order chi connectivity index (χ0) is 34.2. The van der Waals surface area contributed by atoms with Gasteiger partial charge in [-0.1, -0.05) is 0 Å². The fourth-order valence-corrected chi connectivity index (χ4v) is 0.775. The number of methoxy groups -OCH3 is 6. The Morgan fingerprint density at radius 3 is 0.465 bits per heavy atom. The molecule has 0 amide bonds. The van der Waals surface area contributed by atoms with Crippen molar-refractivity contribution in [2.24, 2.45) is 0 Å². The van der Waals surface area contributed by atoms with E-state index >= 15 is 0 Å². The van der Waals surface area contributed by atoms with E-state index in [0.717, 1.165) is 0 Å². The van der Waals surface area contributed by atoms with Gasteiger partial charge in [0, 0.05) is 0 Å². The second-order valence-corrected chi connectivity index (χ2v) is 5.35. The van der Waals surface area contributed by atoms with Gasteiger partial charge in [-0.3, -0.25) is 0 Å². The Bertz CT molecular complexity index is 840. The van der Waals surface area contributed by atoms with Crippen LogP contribution in [0.5, 0.6) is 0 Å². The minimum Gasteiger partial charge on any atom is -0.464 e. The molecular formula is C24H30N6O12Tc+7. The van der Waals surface area contributed by atoms with Crippen LogP contribution in [0.25, 0.3) is 29.1 Å². The maximum atomic E-state index is 9.98. The molecule has 0 heterocycles. The van der Waals surface area contributed by atoms with Gasteiger partial charge in [0.25, 0.3) is 0 Å². The number of carbonyl (C=O) groups is 6. The van der Waals surface area contributed by atoms with Gasteiger partial charge in [-0.2, -0.15) is 0 Å². The first-order chi connectivity index (χ1) is 19.8. The van der Waals surface area contributed by atoms with E-state index in [1.54, 1.807) is 0 Å². The largest absolute Gasteiger partial charge is 7.00 e. The maximum absolute atomic E-state index is 9.98. The van der Waals surface area contributed by atoms with E-state index in [0.29, 0.717) is 0 Å². The Morgan fingerprint density at radius 1 is 0.349 bits per heavy atom. The molecule has 0 atom stereocenters. The Balaban J connectivity index is -0.0000000720. The van der Waals surface area contributed by atoms with Crippen molar-refractivity contribution < 1.29 is 77.3 Å². The number of esters is 6. The molecule has 0 saturated carbocycles. The van der Waals surface area contributed by atoms with Crippen molar-refractivity contribution in [3.63, 3.8) is 0 Å². The van der Waals surface area contributed by atoms with Crippen LogP contribution in [0.1, 0.15) is 0 Å². The van der Waals surface area contributed by atoms with Crippen molar-refractivity contribution in [1.82, 2.24) is 0 Å². The van der Waals surface area contributed by atoms with Gasteiger partial charge < -0.3 is 57.5 Å². The van der Waals surface area contributed by atoms with E-state index in [4.69, 9.17) is 39.4 Å². The average molecular weight is 693 g/mol. The van der Waals surface area contributed by atoms with Gasteiger partial charge in [0.15, 0.2) is 0 Å². The van der Waals surface area contributed by atoms with Gasteiger partial charge in [-0.25, -0.2) is 68.2 Å². The summed E-state index contributed by atoms with van der Waals surface area (Å²) in [6, 6.07) is 0.